The van der Waals surface area contributed by atoms with Crippen molar-refractivity contribution in [2.24, 2.45) is 0 Å². The van der Waals surface area contributed by atoms with Gasteiger partial charge in [0.05, 0.1) is 23.7 Å². The Labute approximate surface area is 161 Å². The Balaban J connectivity index is 1.80. The molecule has 1 aromatic heterocycles. The molecule has 0 bridgehead atoms. The predicted molar refractivity (Wildman–Crippen MR) is 103 cm³/mol. The van der Waals surface area contributed by atoms with Crippen LogP contribution in [0.25, 0.3) is 5.69 Å². The zero-order chi connectivity index (χ0) is 19.2. The van der Waals surface area contributed by atoms with Crippen LogP contribution in [0.15, 0.2) is 48.5 Å². The summed E-state index contributed by atoms with van der Waals surface area (Å²) in [5.41, 5.74) is 2.11. The van der Waals surface area contributed by atoms with Gasteiger partial charge < -0.3 is 14.8 Å². The Morgan fingerprint density at radius 1 is 1.19 bits per heavy atom. The maximum Gasteiger partial charge on any atom is 0.278 e. The van der Waals surface area contributed by atoms with Gasteiger partial charge in [-0.25, -0.2) is 4.68 Å². The van der Waals surface area contributed by atoms with Gasteiger partial charge in [-0.15, -0.1) is 5.10 Å². The highest BCUT2D eigenvalue weighted by Crippen LogP contribution is 2.25. The van der Waals surface area contributed by atoms with Gasteiger partial charge in [-0.2, -0.15) is 0 Å². The Bertz CT molecular complexity index is 942. The second-order valence-corrected chi connectivity index (χ2v) is 6.14. The monoisotopic (exact) mass is 386 g/mol. The average Bonchev–Trinajstić information content (AvgIpc) is 3.05. The van der Waals surface area contributed by atoms with Crippen molar-refractivity contribution in [1.29, 1.82) is 0 Å². The summed E-state index contributed by atoms with van der Waals surface area (Å²) in [6.07, 6.45) is 0. The molecule has 0 aliphatic rings. The highest BCUT2D eigenvalue weighted by molar-refractivity contribution is 6.30. The Kier molecular flexibility index (Phi) is 6.05. The number of anilines is 1. The van der Waals surface area contributed by atoms with Gasteiger partial charge in [0.1, 0.15) is 12.4 Å². The molecule has 8 heteroatoms. The number of para-hydroxylation sites is 2. The lowest BCUT2D eigenvalue weighted by Crippen LogP contribution is -2.15. The zero-order valence-electron chi connectivity index (χ0n) is 15.0. The van der Waals surface area contributed by atoms with Crippen molar-refractivity contribution in [3.63, 3.8) is 0 Å². The second kappa shape index (κ2) is 8.66. The summed E-state index contributed by atoms with van der Waals surface area (Å²) in [7, 11) is 1.60. The third kappa shape index (κ3) is 4.45. The molecule has 0 aliphatic heterocycles. The molecule has 0 radical (unpaired) electrons. The molecule has 1 N–H and O–H groups in total. The minimum Gasteiger partial charge on any atom is -0.489 e. The van der Waals surface area contributed by atoms with Crippen molar-refractivity contribution < 1.29 is 14.3 Å². The zero-order valence-corrected chi connectivity index (χ0v) is 15.7. The lowest BCUT2D eigenvalue weighted by Gasteiger charge is -2.11. The van der Waals surface area contributed by atoms with Crippen LogP contribution in [0.1, 0.15) is 16.2 Å². The number of carbonyl (C=O) groups excluding carboxylic acids is 1. The van der Waals surface area contributed by atoms with Gasteiger partial charge in [-0.05, 0) is 37.3 Å². The molecule has 3 rings (SSSR count). The molecule has 0 saturated heterocycles. The van der Waals surface area contributed by atoms with Crippen LogP contribution in [0, 0.1) is 6.92 Å². The largest absolute Gasteiger partial charge is 0.489 e. The molecule has 0 saturated carbocycles. The first-order valence-corrected chi connectivity index (χ1v) is 8.68. The van der Waals surface area contributed by atoms with Crippen LogP contribution in [0.3, 0.4) is 0 Å². The van der Waals surface area contributed by atoms with E-state index in [-0.39, 0.29) is 11.6 Å². The van der Waals surface area contributed by atoms with Gasteiger partial charge in [0.15, 0.2) is 5.69 Å². The predicted octanol–water partition coefficient (Wildman–Crippen LogP) is 3.51. The number of ether oxygens (including phenoxy) is 2. The van der Waals surface area contributed by atoms with E-state index < -0.39 is 0 Å². The van der Waals surface area contributed by atoms with Crippen molar-refractivity contribution in [1.82, 2.24) is 15.0 Å². The SMILES string of the molecule is COCCOc1ccccc1NC(=O)c1nnn(-c2cccc(Cl)c2)c1C. The van der Waals surface area contributed by atoms with E-state index in [9.17, 15) is 4.79 Å². The lowest BCUT2D eigenvalue weighted by atomic mass is 10.2. The summed E-state index contributed by atoms with van der Waals surface area (Å²) in [4.78, 5) is 12.7. The Morgan fingerprint density at radius 3 is 2.78 bits per heavy atom. The average molecular weight is 387 g/mol. The molecule has 0 spiro atoms. The Hall–Kier alpha value is -2.90. The van der Waals surface area contributed by atoms with Crippen molar-refractivity contribution in [2.45, 2.75) is 6.92 Å². The summed E-state index contributed by atoms with van der Waals surface area (Å²) >= 11 is 6.03. The maximum atomic E-state index is 12.7. The summed E-state index contributed by atoms with van der Waals surface area (Å²) in [6, 6.07) is 14.4. The van der Waals surface area contributed by atoms with Crippen molar-refractivity contribution >= 4 is 23.2 Å². The molecule has 140 valence electrons. The van der Waals surface area contributed by atoms with Gasteiger partial charge in [-0.3, -0.25) is 4.79 Å². The number of nitrogens with one attached hydrogen (secondary N) is 1. The molecule has 27 heavy (non-hydrogen) atoms. The fourth-order valence-corrected chi connectivity index (χ4v) is 2.69. The standard InChI is InChI=1S/C19H19ClN4O3/c1-13-18(22-23-24(13)15-7-5-6-14(20)12-15)19(25)21-16-8-3-4-9-17(16)27-11-10-26-2/h3-9,12H,10-11H2,1-2H3,(H,21,25). The molecule has 0 fully saturated rings. The number of methoxy groups -OCH3 is 1. The van der Waals surface area contributed by atoms with E-state index in [0.29, 0.717) is 35.4 Å². The van der Waals surface area contributed by atoms with Crippen molar-refractivity contribution in [2.75, 3.05) is 25.6 Å². The van der Waals surface area contributed by atoms with Gasteiger partial charge in [0.25, 0.3) is 5.91 Å². The fourth-order valence-electron chi connectivity index (χ4n) is 2.50. The number of carbonyl (C=O) groups is 1. The first kappa shape index (κ1) is 18.9. The van der Waals surface area contributed by atoms with Crippen LogP contribution < -0.4 is 10.1 Å². The van der Waals surface area contributed by atoms with Crippen LogP contribution >= 0.6 is 11.6 Å². The number of nitrogens with zero attached hydrogens (tertiary/aromatic N) is 3. The number of hydrogen-bond donors (Lipinski definition) is 1. The molecular weight excluding hydrogens is 368 g/mol. The highest BCUT2D eigenvalue weighted by Gasteiger charge is 2.19. The van der Waals surface area contributed by atoms with Gasteiger partial charge in [0.2, 0.25) is 0 Å². The summed E-state index contributed by atoms with van der Waals surface area (Å²) in [5, 5.41) is 11.5. The molecular formula is C19H19ClN4O3. The van der Waals surface area contributed by atoms with Crippen LogP contribution in [-0.4, -0.2) is 41.2 Å². The smallest absolute Gasteiger partial charge is 0.278 e. The van der Waals surface area contributed by atoms with Gasteiger partial charge >= 0.3 is 0 Å². The first-order chi connectivity index (χ1) is 13.1. The van der Waals surface area contributed by atoms with Crippen LogP contribution in [0.5, 0.6) is 5.75 Å². The van der Waals surface area contributed by atoms with E-state index in [2.05, 4.69) is 15.6 Å². The summed E-state index contributed by atoms with van der Waals surface area (Å²) in [5.74, 6) is 0.186. The third-order valence-electron chi connectivity index (χ3n) is 3.84. The number of rotatable bonds is 7. The third-order valence-corrected chi connectivity index (χ3v) is 4.08. The Morgan fingerprint density at radius 2 is 2.00 bits per heavy atom. The maximum absolute atomic E-state index is 12.7. The van der Waals surface area contributed by atoms with Crippen molar-refractivity contribution in [3.05, 3.63) is 64.9 Å². The lowest BCUT2D eigenvalue weighted by molar-refractivity contribution is 0.102. The molecule has 3 aromatic rings. The minimum atomic E-state index is -0.372. The number of benzene rings is 2. The van der Waals surface area contributed by atoms with Gasteiger partial charge in [0, 0.05) is 12.1 Å². The van der Waals surface area contributed by atoms with Gasteiger partial charge in [-0.1, -0.05) is 35.0 Å². The van der Waals surface area contributed by atoms with E-state index >= 15 is 0 Å². The topological polar surface area (TPSA) is 78.3 Å². The first-order valence-electron chi connectivity index (χ1n) is 8.30. The minimum absolute atomic E-state index is 0.224. The normalized spacial score (nSPS) is 10.6. The second-order valence-electron chi connectivity index (χ2n) is 5.71. The molecule has 2 aromatic carbocycles. The van der Waals surface area contributed by atoms with E-state index in [4.69, 9.17) is 21.1 Å². The number of halogens is 1. The van der Waals surface area contributed by atoms with E-state index in [1.54, 1.807) is 43.0 Å². The molecule has 7 nitrogen and oxygen atoms in total. The molecule has 0 atom stereocenters. The van der Waals surface area contributed by atoms with Crippen molar-refractivity contribution in [3.8, 4) is 11.4 Å². The quantitative estimate of drug-likeness (QED) is 0.629. The molecule has 0 aliphatic carbocycles. The molecule has 0 unspecified atom stereocenters. The van der Waals surface area contributed by atoms with E-state index in [1.165, 1.54) is 0 Å². The highest BCUT2D eigenvalue weighted by atomic mass is 35.5. The number of hydrogen-bond acceptors (Lipinski definition) is 5. The van der Waals surface area contributed by atoms with Crippen LogP contribution in [0.2, 0.25) is 5.02 Å². The fraction of sp³-hybridized carbons (Fsp3) is 0.211. The van der Waals surface area contributed by atoms with Crippen LogP contribution in [-0.2, 0) is 4.74 Å². The molecule has 1 heterocycles. The number of amides is 1. The summed E-state index contributed by atoms with van der Waals surface area (Å²) in [6.45, 7) is 2.61. The number of aromatic nitrogens is 3. The summed E-state index contributed by atoms with van der Waals surface area (Å²) < 4.78 is 12.2. The van der Waals surface area contributed by atoms with E-state index in [0.717, 1.165) is 5.69 Å². The molecule has 1 amide bonds. The van der Waals surface area contributed by atoms with E-state index in [1.807, 2.05) is 24.3 Å². The van der Waals surface area contributed by atoms with Crippen LogP contribution in [0.4, 0.5) is 5.69 Å².